The molecule has 3 aromatic heterocycles. The van der Waals surface area contributed by atoms with Crippen molar-refractivity contribution in [1.29, 1.82) is 0 Å². The highest BCUT2D eigenvalue weighted by atomic mass is 35.5. The van der Waals surface area contributed by atoms with Crippen molar-refractivity contribution >= 4 is 28.4 Å². The van der Waals surface area contributed by atoms with E-state index in [1.54, 1.807) is 25.3 Å². The summed E-state index contributed by atoms with van der Waals surface area (Å²) in [6.45, 7) is 1.56. The van der Waals surface area contributed by atoms with Crippen molar-refractivity contribution in [3.05, 3.63) is 91.6 Å². The lowest BCUT2D eigenvalue weighted by atomic mass is 10.2. The van der Waals surface area contributed by atoms with Gasteiger partial charge in [-0.25, -0.2) is 9.07 Å². The van der Waals surface area contributed by atoms with E-state index in [4.69, 9.17) is 11.6 Å². The number of aromatic amines is 1. The fourth-order valence-corrected chi connectivity index (χ4v) is 3.48. The third kappa shape index (κ3) is 3.99. The number of halogens is 2. The van der Waals surface area contributed by atoms with Gasteiger partial charge in [-0.2, -0.15) is 0 Å². The average Bonchev–Trinajstić information content (AvgIpc) is 3.08. The number of H-pyrrole nitrogens is 1. The molecule has 0 aliphatic heterocycles. The molecule has 10 heteroatoms. The van der Waals surface area contributed by atoms with E-state index in [1.807, 2.05) is 6.07 Å². The summed E-state index contributed by atoms with van der Waals surface area (Å²) in [4.78, 5) is 42.1. The number of pyridine rings is 2. The van der Waals surface area contributed by atoms with E-state index in [-0.39, 0.29) is 23.5 Å². The van der Waals surface area contributed by atoms with E-state index in [0.717, 1.165) is 6.07 Å². The Kier molecular flexibility index (Phi) is 5.43. The summed E-state index contributed by atoms with van der Waals surface area (Å²) in [5.74, 6) is -1.00. The first-order chi connectivity index (χ1) is 14.8. The monoisotopic (exact) mass is 441 g/mol. The Balaban J connectivity index is 1.67. The molecule has 1 aromatic carbocycles. The highest BCUT2D eigenvalue weighted by molar-refractivity contribution is 6.30. The lowest BCUT2D eigenvalue weighted by molar-refractivity contribution is -0.121. The lowest BCUT2D eigenvalue weighted by Gasteiger charge is -2.10. The van der Waals surface area contributed by atoms with Crippen LogP contribution in [0.15, 0.2) is 58.3 Å². The van der Waals surface area contributed by atoms with Crippen LogP contribution in [0.3, 0.4) is 0 Å². The third-order valence-corrected chi connectivity index (χ3v) is 5.16. The van der Waals surface area contributed by atoms with Crippen molar-refractivity contribution in [3.63, 3.8) is 0 Å². The molecule has 0 saturated carbocycles. The Hall–Kier alpha value is -3.72. The van der Waals surface area contributed by atoms with Gasteiger partial charge in [-0.05, 0) is 37.3 Å². The molecule has 0 radical (unpaired) electrons. The van der Waals surface area contributed by atoms with Crippen LogP contribution in [0, 0.1) is 12.7 Å². The maximum atomic E-state index is 13.5. The number of aryl methyl sites for hydroxylation is 1. The SMILES string of the molecule is Cc1c2c(=O)n(-c3ccc(F)c(Cl)c3)[nH]c2cc(=O)n1CC(=O)NCc1ccccn1. The van der Waals surface area contributed by atoms with Gasteiger partial charge >= 0.3 is 0 Å². The first kappa shape index (κ1) is 20.5. The fraction of sp³-hybridized carbons (Fsp3) is 0.143. The Bertz CT molecular complexity index is 1410. The molecule has 158 valence electrons. The smallest absolute Gasteiger partial charge is 0.280 e. The number of carbonyl (C=O) groups is 1. The molecule has 0 unspecified atom stereocenters. The van der Waals surface area contributed by atoms with Gasteiger partial charge in [0.2, 0.25) is 5.91 Å². The van der Waals surface area contributed by atoms with Crippen LogP contribution >= 0.6 is 11.6 Å². The number of nitrogens with one attached hydrogen (secondary N) is 2. The summed E-state index contributed by atoms with van der Waals surface area (Å²) < 4.78 is 15.9. The largest absolute Gasteiger partial charge is 0.349 e. The summed E-state index contributed by atoms with van der Waals surface area (Å²) in [5, 5.41) is 5.65. The van der Waals surface area contributed by atoms with Crippen LogP contribution in [0.1, 0.15) is 11.4 Å². The molecule has 0 bridgehead atoms. The van der Waals surface area contributed by atoms with Gasteiger partial charge in [-0.3, -0.25) is 24.5 Å². The predicted molar refractivity (Wildman–Crippen MR) is 114 cm³/mol. The fourth-order valence-electron chi connectivity index (χ4n) is 3.30. The number of hydrogen-bond donors (Lipinski definition) is 2. The molecule has 2 N–H and O–H groups in total. The molecule has 0 aliphatic carbocycles. The number of nitrogens with zero attached hydrogens (tertiary/aromatic N) is 3. The quantitative estimate of drug-likeness (QED) is 0.496. The molecule has 0 atom stereocenters. The van der Waals surface area contributed by atoms with E-state index < -0.39 is 22.8 Å². The summed E-state index contributed by atoms with van der Waals surface area (Å²) >= 11 is 5.82. The number of benzene rings is 1. The van der Waals surface area contributed by atoms with E-state index in [2.05, 4.69) is 15.4 Å². The molecule has 4 rings (SSSR count). The summed E-state index contributed by atoms with van der Waals surface area (Å²) in [6.07, 6.45) is 1.62. The Labute approximate surface area is 179 Å². The number of amides is 1. The minimum absolute atomic E-state index is 0.135. The summed E-state index contributed by atoms with van der Waals surface area (Å²) in [7, 11) is 0. The van der Waals surface area contributed by atoms with Crippen LogP contribution in [0.25, 0.3) is 16.6 Å². The molecule has 0 fully saturated rings. The van der Waals surface area contributed by atoms with E-state index in [1.165, 1.54) is 27.4 Å². The molecule has 3 heterocycles. The topological polar surface area (TPSA) is 102 Å². The zero-order valence-electron chi connectivity index (χ0n) is 16.4. The molecule has 0 spiro atoms. The Morgan fingerprint density at radius 1 is 1.23 bits per heavy atom. The van der Waals surface area contributed by atoms with Crippen molar-refractivity contribution in [3.8, 4) is 5.69 Å². The van der Waals surface area contributed by atoms with Crippen LogP contribution in [0.5, 0.6) is 0 Å². The zero-order chi connectivity index (χ0) is 22.1. The van der Waals surface area contributed by atoms with Gasteiger partial charge in [-0.1, -0.05) is 17.7 Å². The number of carbonyl (C=O) groups excluding carboxylic acids is 1. The summed E-state index contributed by atoms with van der Waals surface area (Å²) in [6, 6.07) is 10.4. The van der Waals surface area contributed by atoms with Gasteiger partial charge < -0.3 is 9.88 Å². The Morgan fingerprint density at radius 3 is 2.74 bits per heavy atom. The minimum Gasteiger partial charge on any atom is -0.349 e. The van der Waals surface area contributed by atoms with Gasteiger partial charge in [0.1, 0.15) is 12.4 Å². The first-order valence-corrected chi connectivity index (χ1v) is 9.70. The van der Waals surface area contributed by atoms with Crippen molar-refractivity contribution in [2.24, 2.45) is 0 Å². The second-order valence-electron chi connectivity index (χ2n) is 6.89. The van der Waals surface area contributed by atoms with Crippen LogP contribution in [0.2, 0.25) is 5.02 Å². The van der Waals surface area contributed by atoms with Crippen LogP contribution in [-0.2, 0) is 17.9 Å². The van der Waals surface area contributed by atoms with Crippen molar-refractivity contribution in [2.75, 3.05) is 0 Å². The van der Waals surface area contributed by atoms with Gasteiger partial charge in [0.15, 0.2) is 0 Å². The average molecular weight is 442 g/mol. The molecular weight excluding hydrogens is 425 g/mol. The van der Waals surface area contributed by atoms with Crippen LogP contribution < -0.4 is 16.4 Å². The van der Waals surface area contributed by atoms with Gasteiger partial charge in [0.25, 0.3) is 11.1 Å². The second kappa shape index (κ2) is 8.19. The second-order valence-corrected chi connectivity index (χ2v) is 7.30. The summed E-state index contributed by atoms with van der Waals surface area (Å²) in [5.41, 5.74) is 0.754. The Morgan fingerprint density at radius 2 is 2.03 bits per heavy atom. The third-order valence-electron chi connectivity index (χ3n) is 4.87. The van der Waals surface area contributed by atoms with Crippen molar-refractivity contribution < 1.29 is 9.18 Å². The number of rotatable bonds is 5. The maximum Gasteiger partial charge on any atom is 0.280 e. The highest BCUT2D eigenvalue weighted by Crippen LogP contribution is 2.19. The van der Waals surface area contributed by atoms with Crippen LogP contribution in [0.4, 0.5) is 4.39 Å². The number of hydrogen-bond acceptors (Lipinski definition) is 4. The normalized spacial score (nSPS) is 11.1. The highest BCUT2D eigenvalue weighted by Gasteiger charge is 2.17. The molecule has 0 aliphatic rings. The van der Waals surface area contributed by atoms with Gasteiger partial charge in [-0.15, -0.1) is 0 Å². The number of fused-ring (bicyclic) bond motifs is 1. The van der Waals surface area contributed by atoms with Crippen molar-refractivity contribution in [1.82, 2.24) is 24.6 Å². The molecule has 0 saturated heterocycles. The van der Waals surface area contributed by atoms with Crippen LogP contribution in [-0.4, -0.2) is 25.2 Å². The maximum absolute atomic E-state index is 13.5. The zero-order valence-corrected chi connectivity index (χ0v) is 17.1. The standard InChI is InChI=1S/C21H17ClFN5O3/c1-12-20-17(26-28(21(20)31)14-5-6-16(23)15(22)8-14)9-19(30)27(12)11-18(29)25-10-13-4-2-3-7-24-13/h2-9,26H,10-11H2,1H3,(H,25,29). The van der Waals surface area contributed by atoms with Gasteiger partial charge in [0.05, 0.1) is 33.9 Å². The van der Waals surface area contributed by atoms with Crippen molar-refractivity contribution in [2.45, 2.75) is 20.0 Å². The first-order valence-electron chi connectivity index (χ1n) is 9.32. The molecule has 8 nitrogen and oxygen atoms in total. The molecule has 4 aromatic rings. The van der Waals surface area contributed by atoms with E-state index >= 15 is 0 Å². The van der Waals surface area contributed by atoms with E-state index in [0.29, 0.717) is 22.6 Å². The molecule has 31 heavy (non-hydrogen) atoms. The number of aromatic nitrogens is 4. The van der Waals surface area contributed by atoms with Gasteiger partial charge in [0, 0.05) is 18.0 Å². The molecular formula is C21H17ClFN5O3. The molecule has 1 amide bonds. The predicted octanol–water partition coefficient (Wildman–Crippen LogP) is 2.29. The lowest BCUT2D eigenvalue weighted by Crippen LogP contribution is -2.33. The minimum atomic E-state index is -0.609. The van der Waals surface area contributed by atoms with E-state index in [9.17, 15) is 18.8 Å².